The van der Waals surface area contributed by atoms with E-state index in [0.717, 1.165) is 17.7 Å². The predicted molar refractivity (Wildman–Crippen MR) is 109 cm³/mol. The molecule has 144 valence electrons. The molecular weight excluding hydrogens is 397 g/mol. The average Bonchev–Trinajstić information content (AvgIpc) is 2.60. The first-order chi connectivity index (χ1) is 12.1. The summed E-state index contributed by atoms with van der Waals surface area (Å²) in [5, 5.41) is 4.52. The maximum atomic E-state index is 6.42. The minimum atomic E-state index is 0. The molecule has 0 spiro atoms. The van der Waals surface area contributed by atoms with Gasteiger partial charge in [0, 0.05) is 25.2 Å². The number of nitrogens with one attached hydrogen (secondary N) is 1. The van der Waals surface area contributed by atoms with Crippen LogP contribution in [-0.4, -0.2) is 26.9 Å². The van der Waals surface area contributed by atoms with Crippen LogP contribution in [0.5, 0.6) is 11.5 Å². The number of benzene rings is 2. The highest BCUT2D eigenvalue weighted by Gasteiger charge is 2.13. The van der Waals surface area contributed by atoms with Gasteiger partial charge in [-0.2, -0.15) is 0 Å². The Morgan fingerprint density at radius 3 is 2.38 bits per heavy atom. The molecule has 2 rings (SSSR count). The number of hydrogen-bond acceptors (Lipinski definition) is 4. The maximum Gasteiger partial charge on any atom is 0.180 e. The highest BCUT2D eigenvalue weighted by molar-refractivity contribution is 6.32. The zero-order valence-electron chi connectivity index (χ0n) is 14.9. The first kappa shape index (κ1) is 22.9. The summed E-state index contributed by atoms with van der Waals surface area (Å²) in [6, 6.07) is 11.4. The molecule has 0 fully saturated rings. The zero-order chi connectivity index (χ0) is 18.1. The van der Waals surface area contributed by atoms with E-state index in [9.17, 15) is 0 Å². The first-order valence-corrected chi connectivity index (χ1v) is 8.91. The molecule has 26 heavy (non-hydrogen) atoms. The van der Waals surface area contributed by atoms with E-state index in [4.69, 9.17) is 37.4 Å². The van der Waals surface area contributed by atoms with E-state index in [1.165, 1.54) is 0 Å². The van der Waals surface area contributed by atoms with E-state index in [1.54, 1.807) is 7.11 Å². The summed E-state index contributed by atoms with van der Waals surface area (Å²) in [6.07, 6.45) is 0. The lowest BCUT2D eigenvalue weighted by molar-refractivity contribution is 0.199. The van der Waals surface area contributed by atoms with E-state index in [0.29, 0.717) is 47.9 Å². The molecule has 7 heteroatoms. The van der Waals surface area contributed by atoms with Gasteiger partial charge in [-0.15, -0.1) is 12.4 Å². The predicted octanol–water partition coefficient (Wildman–Crippen LogP) is 5.13. The highest BCUT2D eigenvalue weighted by Crippen LogP contribution is 2.37. The summed E-state index contributed by atoms with van der Waals surface area (Å²) in [7, 11) is 1.68. The lowest BCUT2D eigenvalue weighted by atomic mass is 10.2. The lowest BCUT2D eigenvalue weighted by Crippen LogP contribution is -2.18. The van der Waals surface area contributed by atoms with E-state index in [1.807, 2.05) is 43.3 Å². The molecule has 2 aromatic carbocycles. The van der Waals surface area contributed by atoms with Gasteiger partial charge in [0.2, 0.25) is 0 Å². The second-order valence-corrected chi connectivity index (χ2v) is 6.27. The molecule has 0 atom stereocenters. The monoisotopic (exact) mass is 419 g/mol. The van der Waals surface area contributed by atoms with Gasteiger partial charge in [0.15, 0.2) is 11.5 Å². The number of rotatable bonds is 10. The molecule has 2 aromatic rings. The van der Waals surface area contributed by atoms with Crippen molar-refractivity contribution < 1.29 is 14.2 Å². The number of halogens is 3. The molecule has 0 bridgehead atoms. The summed E-state index contributed by atoms with van der Waals surface area (Å²) in [6.45, 7) is 4.97. The standard InChI is InChI=1S/C19H23Cl2NO3.ClH/c1-3-24-18-11-15(12-22-8-9-23-2)10-17(21)19(18)25-13-14-4-6-16(20)7-5-14;/h4-7,10-11,22H,3,8-9,12-13H2,1-2H3;1H. The molecular formula is C19H24Cl3NO3. The summed E-state index contributed by atoms with van der Waals surface area (Å²) in [5.74, 6) is 1.20. The summed E-state index contributed by atoms with van der Waals surface area (Å²) in [5.41, 5.74) is 2.04. The van der Waals surface area contributed by atoms with Crippen LogP contribution < -0.4 is 14.8 Å². The Morgan fingerprint density at radius 1 is 1.00 bits per heavy atom. The van der Waals surface area contributed by atoms with Gasteiger partial charge in [0.1, 0.15) is 6.61 Å². The summed E-state index contributed by atoms with van der Waals surface area (Å²) >= 11 is 12.3. The molecule has 0 aliphatic rings. The Kier molecular flexibility index (Phi) is 10.8. The molecule has 0 saturated heterocycles. The van der Waals surface area contributed by atoms with Crippen molar-refractivity contribution in [3.8, 4) is 11.5 Å². The Hall–Kier alpha value is -1.17. The molecule has 4 nitrogen and oxygen atoms in total. The molecule has 0 aromatic heterocycles. The smallest absolute Gasteiger partial charge is 0.180 e. The molecule has 0 saturated carbocycles. The third-order valence-electron chi connectivity index (χ3n) is 3.48. The van der Waals surface area contributed by atoms with Crippen molar-refractivity contribution in [2.45, 2.75) is 20.1 Å². The van der Waals surface area contributed by atoms with Crippen molar-refractivity contribution in [1.82, 2.24) is 5.32 Å². The first-order valence-electron chi connectivity index (χ1n) is 8.16. The van der Waals surface area contributed by atoms with Crippen molar-refractivity contribution in [3.63, 3.8) is 0 Å². The molecule has 0 amide bonds. The normalized spacial score (nSPS) is 10.3. The molecule has 1 N–H and O–H groups in total. The number of hydrogen-bond donors (Lipinski definition) is 1. The second kappa shape index (κ2) is 12.3. The zero-order valence-corrected chi connectivity index (χ0v) is 17.2. The third kappa shape index (κ3) is 7.22. The van der Waals surface area contributed by atoms with Crippen molar-refractivity contribution in [3.05, 3.63) is 57.6 Å². The fourth-order valence-corrected chi connectivity index (χ4v) is 2.68. The Labute approximate surface area is 171 Å². The van der Waals surface area contributed by atoms with Crippen molar-refractivity contribution in [2.24, 2.45) is 0 Å². The fourth-order valence-electron chi connectivity index (χ4n) is 2.27. The Bertz CT molecular complexity index is 666. The van der Waals surface area contributed by atoms with Gasteiger partial charge < -0.3 is 19.5 Å². The molecule has 0 aliphatic carbocycles. The minimum absolute atomic E-state index is 0. The molecule has 0 aliphatic heterocycles. The fraction of sp³-hybridized carbons (Fsp3) is 0.368. The van der Waals surface area contributed by atoms with Gasteiger partial charge >= 0.3 is 0 Å². The van der Waals surface area contributed by atoms with Crippen LogP contribution in [0.2, 0.25) is 10.0 Å². The second-order valence-electron chi connectivity index (χ2n) is 5.42. The van der Waals surface area contributed by atoms with Gasteiger partial charge in [-0.25, -0.2) is 0 Å². The van der Waals surface area contributed by atoms with Crippen LogP contribution in [0.3, 0.4) is 0 Å². The van der Waals surface area contributed by atoms with E-state index < -0.39 is 0 Å². The largest absolute Gasteiger partial charge is 0.490 e. The quantitative estimate of drug-likeness (QED) is 0.541. The van der Waals surface area contributed by atoms with Crippen LogP contribution in [-0.2, 0) is 17.9 Å². The van der Waals surface area contributed by atoms with Crippen LogP contribution in [0.4, 0.5) is 0 Å². The topological polar surface area (TPSA) is 39.7 Å². The Balaban J connectivity index is 0.00000338. The van der Waals surface area contributed by atoms with Crippen LogP contribution in [0.15, 0.2) is 36.4 Å². The van der Waals surface area contributed by atoms with Gasteiger partial charge in [-0.05, 0) is 42.3 Å². The third-order valence-corrected chi connectivity index (χ3v) is 4.01. The van der Waals surface area contributed by atoms with Crippen LogP contribution in [0.1, 0.15) is 18.1 Å². The van der Waals surface area contributed by atoms with E-state index >= 15 is 0 Å². The average molecular weight is 421 g/mol. The Morgan fingerprint density at radius 2 is 1.73 bits per heavy atom. The molecule has 0 unspecified atom stereocenters. The minimum Gasteiger partial charge on any atom is -0.490 e. The van der Waals surface area contributed by atoms with Gasteiger partial charge in [-0.1, -0.05) is 35.3 Å². The summed E-state index contributed by atoms with van der Waals surface area (Å²) in [4.78, 5) is 0. The van der Waals surface area contributed by atoms with Crippen LogP contribution in [0, 0.1) is 0 Å². The number of ether oxygens (including phenoxy) is 3. The SMILES string of the molecule is CCOc1cc(CNCCOC)cc(Cl)c1OCc1ccc(Cl)cc1.Cl. The van der Waals surface area contributed by atoms with Gasteiger partial charge in [0.05, 0.1) is 18.2 Å². The highest BCUT2D eigenvalue weighted by atomic mass is 35.5. The van der Waals surface area contributed by atoms with Crippen LogP contribution in [0.25, 0.3) is 0 Å². The van der Waals surface area contributed by atoms with E-state index in [2.05, 4.69) is 5.32 Å². The van der Waals surface area contributed by atoms with Crippen molar-refractivity contribution >= 4 is 35.6 Å². The van der Waals surface area contributed by atoms with Crippen molar-refractivity contribution in [1.29, 1.82) is 0 Å². The van der Waals surface area contributed by atoms with Gasteiger partial charge in [-0.3, -0.25) is 0 Å². The van der Waals surface area contributed by atoms with E-state index in [-0.39, 0.29) is 12.4 Å². The summed E-state index contributed by atoms with van der Waals surface area (Å²) < 4.78 is 16.6. The number of methoxy groups -OCH3 is 1. The van der Waals surface area contributed by atoms with Crippen LogP contribution >= 0.6 is 35.6 Å². The molecule has 0 heterocycles. The van der Waals surface area contributed by atoms with Crippen molar-refractivity contribution in [2.75, 3.05) is 26.9 Å². The lowest BCUT2D eigenvalue weighted by Gasteiger charge is -2.16. The molecule has 0 radical (unpaired) electrons. The van der Waals surface area contributed by atoms with Gasteiger partial charge in [0.25, 0.3) is 0 Å². The maximum absolute atomic E-state index is 6.42.